The summed E-state index contributed by atoms with van der Waals surface area (Å²) in [4.78, 5) is 11.7. The van der Waals surface area contributed by atoms with Crippen molar-refractivity contribution in [2.75, 3.05) is 13.7 Å². The van der Waals surface area contributed by atoms with E-state index in [2.05, 4.69) is 26.1 Å². The van der Waals surface area contributed by atoms with Crippen molar-refractivity contribution in [1.29, 1.82) is 0 Å². The first-order valence-electron chi connectivity index (χ1n) is 6.35. The number of nitrogens with one attached hydrogen (secondary N) is 1. The Labute approximate surface area is 104 Å². The number of aliphatic hydroxyl groups is 1. The first-order chi connectivity index (χ1) is 7.90. The molecule has 2 atom stereocenters. The van der Waals surface area contributed by atoms with E-state index in [0.29, 0.717) is 12.3 Å². The molecule has 0 amide bonds. The summed E-state index contributed by atoms with van der Waals surface area (Å²) >= 11 is 0. The lowest BCUT2D eigenvalue weighted by atomic mass is 9.84. The fourth-order valence-electron chi connectivity index (χ4n) is 2.07. The molecule has 0 bridgehead atoms. The maximum absolute atomic E-state index is 11.7. The van der Waals surface area contributed by atoms with E-state index < -0.39 is 0 Å². The number of esters is 1. The maximum Gasteiger partial charge on any atom is 0.323 e. The quantitative estimate of drug-likeness (QED) is 0.691. The van der Waals surface area contributed by atoms with Crippen LogP contribution in [0.1, 0.15) is 40.0 Å². The van der Waals surface area contributed by atoms with E-state index in [-0.39, 0.29) is 30.1 Å². The smallest absolute Gasteiger partial charge is 0.323 e. The molecule has 17 heavy (non-hydrogen) atoms. The van der Waals surface area contributed by atoms with Gasteiger partial charge in [-0.3, -0.25) is 4.79 Å². The third-order valence-electron chi connectivity index (χ3n) is 3.39. The van der Waals surface area contributed by atoms with Gasteiger partial charge in [-0.1, -0.05) is 20.8 Å². The third kappa shape index (κ3) is 4.28. The van der Waals surface area contributed by atoms with Gasteiger partial charge in [-0.25, -0.2) is 0 Å². The molecule has 1 aliphatic carbocycles. The minimum atomic E-state index is -0.212. The number of hydrogen-bond acceptors (Lipinski definition) is 4. The molecule has 100 valence electrons. The van der Waals surface area contributed by atoms with Crippen LogP contribution in [0.15, 0.2) is 0 Å². The minimum absolute atomic E-state index is 0.0177. The Balaban J connectivity index is 2.65. The van der Waals surface area contributed by atoms with Gasteiger partial charge in [0.25, 0.3) is 0 Å². The molecule has 4 heteroatoms. The van der Waals surface area contributed by atoms with Gasteiger partial charge in [0.2, 0.25) is 0 Å². The summed E-state index contributed by atoms with van der Waals surface area (Å²) in [5.41, 5.74) is 0.0177. The van der Waals surface area contributed by atoms with E-state index in [0.717, 1.165) is 12.8 Å². The molecule has 0 aliphatic heterocycles. The molecule has 0 heterocycles. The lowest BCUT2D eigenvalue weighted by Crippen LogP contribution is -2.50. The van der Waals surface area contributed by atoms with E-state index in [1.807, 2.05) is 0 Å². The van der Waals surface area contributed by atoms with Crippen LogP contribution < -0.4 is 5.32 Å². The standard InChI is InChI=1S/C13H25NO3/c1-13(2,3)10(7-8-15)14-11(9-5-6-9)12(16)17-4/h9-11,14-15H,5-8H2,1-4H3. The van der Waals surface area contributed by atoms with E-state index in [9.17, 15) is 4.79 Å². The Kier molecular flexibility index (Phi) is 4.95. The Morgan fingerprint density at radius 1 is 1.47 bits per heavy atom. The van der Waals surface area contributed by atoms with Gasteiger partial charge in [0.05, 0.1) is 7.11 Å². The van der Waals surface area contributed by atoms with Gasteiger partial charge in [-0.05, 0) is 30.6 Å². The van der Waals surface area contributed by atoms with Crippen LogP contribution in [0.5, 0.6) is 0 Å². The van der Waals surface area contributed by atoms with Crippen LogP contribution in [-0.4, -0.2) is 36.9 Å². The predicted molar refractivity (Wildman–Crippen MR) is 66.6 cm³/mol. The van der Waals surface area contributed by atoms with Crippen LogP contribution in [0.4, 0.5) is 0 Å². The van der Waals surface area contributed by atoms with Gasteiger partial charge < -0.3 is 15.2 Å². The van der Waals surface area contributed by atoms with Gasteiger partial charge in [0.1, 0.15) is 6.04 Å². The highest BCUT2D eigenvalue weighted by molar-refractivity contribution is 5.76. The van der Waals surface area contributed by atoms with E-state index in [1.54, 1.807) is 0 Å². The molecule has 2 unspecified atom stereocenters. The molecular formula is C13H25NO3. The summed E-state index contributed by atoms with van der Waals surface area (Å²) < 4.78 is 4.84. The highest BCUT2D eigenvalue weighted by atomic mass is 16.5. The fourth-order valence-corrected chi connectivity index (χ4v) is 2.07. The number of hydrogen-bond donors (Lipinski definition) is 2. The monoisotopic (exact) mass is 243 g/mol. The summed E-state index contributed by atoms with van der Waals surface area (Å²) in [5.74, 6) is 0.227. The lowest BCUT2D eigenvalue weighted by molar-refractivity contribution is -0.144. The van der Waals surface area contributed by atoms with Crippen LogP contribution >= 0.6 is 0 Å². The number of carbonyl (C=O) groups excluding carboxylic acids is 1. The van der Waals surface area contributed by atoms with Crippen LogP contribution in [0.2, 0.25) is 0 Å². The number of ether oxygens (including phenoxy) is 1. The summed E-state index contributed by atoms with van der Waals surface area (Å²) in [5, 5.41) is 12.5. The summed E-state index contributed by atoms with van der Waals surface area (Å²) in [6.45, 7) is 6.47. The molecule has 0 aromatic carbocycles. The van der Waals surface area contributed by atoms with E-state index in [1.165, 1.54) is 7.11 Å². The molecule has 1 saturated carbocycles. The van der Waals surface area contributed by atoms with Crippen LogP contribution in [0.25, 0.3) is 0 Å². The Morgan fingerprint density at radius 2 is 2.06 bits per heavy atom. The van der Waals surface area contributed by atoms with Crippen molar-refractivity contribution in [2.24, 2.45) is 11.3 Å². The Bertz CT molecular complexity index is 256. The normalized spacial score (nSPS) is 19.8. The van der Waals surface area contributed by atoms with Gasteiger partial charge in [-0.2, -0.15) is 0 Å². The second-order valence-corrected chi connectivity index (χ2v) is 5.94. The largest absolute Gasteiger partial charge is 0.468 e. The van der Waals surface area contributed by atoms with Crippen molar-refractivity contribution in [1.82, 2.24) is 5.32 Å². The van der Waals surface area contributed by atoms with Crippen molar-refractivity contribution < 1.29 is 14.6 Å². The fraction of sp³-hybridized carbons (Fsp3) is 0.923. The molecule has 1 rings (SSSR count). The zero-order valence-corrected chi connectivity index (χ0v) is 11.3. The molecule has 0 radical (unpaired) electrons. The molecule has 0 saturated heterocycles. The van der Waals surface area contributed by atoms with Crippen molar-refractivity contribution in [3.63, 3.8) is 0 Å². The second kappa shape index (κ2) is 5.83. The summed E-state index contributed by atoms with van der Waals surface area (Å²) in [7, 11) is 1.43. The molecule has 0 aromatic rings. The molecule has 0 aromatic heterocycles. The molecule has 0 spiro atoms. The lowest BCUT2D eigenvalue weighted by Gasteiger charge is -2.34. The highest BCUT2D eigenvalue weighted by Crippen LogP contribution is 2.34. The number of rotatable bonds is 6. The minimum Gasteiger partial charge on any atom is -0.468 e. The average Bonchev–Trinajstić information content (AvgIpc) is 3.05. The van der Waals surface area contributed by atoms with Crippen LogP contribution in [0.3, 0.4) is 0 Å². The molecular weight excluding hydrogens is 218 g/mol. The molecule has 1 aliphatic rings. The first kappa shape index (κ1) is 14.5. The number of aliphatic hydroxyl groups excluding tert-OH is 1. The Morgan fingerprint density at radius 3 is 2.41 bits per heavy atom. The zero-order valence-electron chi connectivity index (χ0n) is 11.3. The van der Waals surface area contributed by atoms with Crippen molar-refractivity contribution in [3.8, 4) is 0 Å². The first-order valence-corrected chi connectivity index (χ1v) is 6.35. The zero-order chi connectivity index (χ0) is 13.1. The van der Waals surface area contributed by atoms with E-state index in [4.69, 9.17) is 9.84 Å². The van der Waals surface area contributed by atoms with Gasteiger partial charge in [0, 0.05) is 12.6 Å². The van der Waals surface area contributed by atoms with Gasteiger partial charge in [-0.15, -0.1) is 0 Å². The van der Waals surface area contributed by atoms with Crippen molar-refractivity contribution in [2.45, 2.75) is 52.1 Å². The number of carbonyl (C=O) groups is 1. The van der Waals surface area contributed by atoms with Gasteiger partial charge in [0.15, 0.2) is 0 Å². The highest BCUT2D eigenvalue weighted by Gasteiger charge is 2.39. The molecule has 1 fully saturated rings. The van der Waals surface area contributed by atoms with Gasteiger partial charge >= 0.3 is 5.97 Å². The topological polar surface area (TPSA) is 58.6 Å². The van der Waals surface area contributed by atoms with E-state index >= 15 is 0 Å². The van der Waals surface area contributed by atoms with Crippen molar-refractivity contribution in [3.05, 3.63) is 0 Å². The average molecular weight is 243 g/mol. The SMILES string of the molecule is COC(=O)C(NC(CCO)C(C)(C)C)C1CC1. The second-order valence-electron chi connectivity index (χ2n) is 5.94. The summed E-state index contributed by atoms with van der Waals surface area (Å²) in [6.07, 6.45) is 2.83. The van der Waals surface area contributed by atoms with Crippen LogP contribution in [-0.2, 0) is 9.53 Å². The third-order valence-corrected chi connectivity index (χ3v) is 3.39. The molecule has 2 N–H and O–H groups in total. The number of methoxy groups -OCH3 is 1. The van der Waals surface area contributed by atoms with Crippen LogP contribution in [0, 0.1) is 11.3 Å². The molecule has 4 nitrogen and oxygen atoms in total. The Hall–Kier alpha value is -0.610. The van der Waals surface area contributed by atoms with Crippen molar-refractivity contribution >= 4 is 5.97 Å². The maximum atomic E-state index is 11.7. The summed E-state index contributed by atoms with van der Waals surface area (Å²) in [6, 6.07) is -0.0898. The predicted octanol–water partition coefficient (Wildman–Crippen LogP) is 1.32.